The summed E-state index contributed by atoms with van der Waals surface area (Å²) in [5.74, 6) is 0. The second-order valence-electron chi connectivity index (χ2n) is 6.72. The van der Waals surface area contributed by atoms with Gasteiger partial charge in [-0.25, -0.2) is 13.4 Å². The number of aromatic nitrogens is 2. The zero-order valence-electron chi connectivity index (χ0n) is 15.6. The van der Waals surface area contributed by atoms with Gasteiger partial charge in [0, 0.05) is 38.6 Å². The summed E-state index contributed by atoms with van der Waals surface area (Å²) in [6.45, 7) is 9.40. The highest BCUT2D eigenvalue weighted by Gasteiger charge is 2.23. The quantitative estimate of drug-likeness (QED) is 0.758. The Labute approximate surface area is 163 Å². The van der Waals surface area contributed by atoms with Crippen molar-refractivity contribution < 1.29 is 17.9 Å². The van der Waals surface area contributed by atoms with Crippen molar-refractivity contribution in [3.05, 3.63) is 30.7 Å². The van der Waals surface area contributed by atoms with Crippen LogP contribution in [0.4, 0.5) is 5.13 Å². The lowest BCUT2D eigenvalue weighted by Crippen LogP contribution is -2.43. The van der Waals surface area contributed by atoms with E-state index in [0.29, 0.717) is 6.47 Å². The van der Waals surface area contributed by atoms with Gasteiger partial charge in [0.1, 0.15) is 9.81 Å². The summed E-state index contributed by atoms with van der Waals surface area (Å²) in [6.07, 6.45) is 4.35. The summed E-state index contributed by atoms with van der Waals surface area (Å²) < 4.78 is 29.7. The van der Waals surface area contributed by atoms with E-state index >= 15 is 0 Å². The molecule has 0 amide bonds. The van der Waals surface area contributed by atoms with E-state index < -0.39 is 9.84 Å². The van der Waals surface area contributed by atoms with Crippen LogP contribution in [0.5, 0.6) is 0 Å². The van der Waals surface area contributed by atoms with Crippen LogP contribution in [-0.2, 0) is 19.4 Å². The summed E-state index contributed by atoms with van der Waals surface area (Å²) >= 11 is 1.21. The molecular weight excluding hydrogens is 388 g/mol. The van der Waals surface area contributed by atoms with E-state index in [1.54, 1.807) is 18.3 Å². The molecule has 1 aliphatic heterocycles. The molecule has 2 aromatic rings. The number of sulfone groups is 1. The van der Waals surface area contributed by atoms with Gasteiger partial charge in [-0.05, 0) is 32.9 Å². The minimum absolute atomic E-state index is 0.204. The number of anilines is 1. The second kappa shape index (κ2) is 9.25. The first kappa shape index (κ1) is 21.3. The molecule has 0 aromatic carbocycles. The minimum Gasteiger partial charge on any atom is -0.462 e. The van der Waals surface area contributed by atoms with Gasteiger partial charge in [0.15, 0.2) is 5.13 Å². The van der Waals surface area contributed by atoms with Gasteiger partial charge in [0.2, 0.25) is 9.84 Å². The van der Waals surface area contributed by atoms with E-state index in [-0.39, 0.29) is 14.7 Å². The van der Waals surface area contributed by atoms with Crippen molar-refractivity contribution in [3.63, 3.8) is 0 Å². The van der Waals surface area contributed by atoms with Crippen molar-refractivity contribution >= 4 is 32.8 Å². The summed E-state index contributed by atoms with van der Waals surface area (Å²) in [4.78, 5) is 20.0. The lowest BCUT2D eigenvalue weighted by Gasteiger charge is -2.26. The molecule has 1 aliphatic rings. The monoisotopic (exact) mass is 412 g/mol. The zero-order chi connectivity index (χ0) is 19.9. The van der Waals surface area contributed by atoms with Crippen LogP contribution >= 0.6 is 11.3 Å². The lowest BCUT2D eigenvalue weighted by atomic mass is 10.2. The average molecular weight is 413 g/mol. The molecule has 1 saturated heterocycles. The predicted octanol–water partition coefficient (Wildman–Crippen LogP) is 1.74. The van der Waals surface area contributed by atoms with E-state index in [1.807, 2.05) is 20.8 Å². The number of nitrogens with one attached hydrogen (secondary N) is 1. The van der Waals surface area contributed by atoms with Gasteiger partial charge in [-0.3, -0.25) is 9.78 Å². The Kier molecular flexibility index (Phi) is 7.28. The number of hydrogen-bond donors (Lipinski definition) is 1. The average Bonchev–Trinajstić information content (AvgIpc) is 3.14. The number of hydrogen-bond acceptors (Lipinski definition) is 9. The fourth-order valence-electron chi connectivity index (χ4n) is 2.14. The fourth-order valence-corrected chi connectivity index (χ4v) is 4.68. The zero-order valence-corrected chi connectivity index (χ0v) is 17.2. The third-order valence-corrected chi connectivity index (χ3v) is 6.73. The van der Waals surface area contributed by atoms with Crippen molar-refractivity contribution in [1.82, 2.24) is 15.3 Å². The maximum absolute atomic E-state index is 12.4. The first-order chi connectivity index (χ1) is 12.7. The van der Waals surface area contributed by atoms with Crippen LogP contribution in [0, 0.1) is 0 Å². The number of pyridine rings is 1. The molecule has 148 valence electrons. The first-order valence-electron chi connectivity index (χ1n) is 8.42. The third kappa shape index (κ3) is 6.26. The largest absolute Gasteiger partial charge is 0.462 e. The van der Waals surface area contributed by atoms with E-state index in [2.05, 4.69) is 24.9 Å². The van der Waals surface area contributed by atoms with Crippen LogP contribution < -0.4 is 10.2 Å². The SMILES string of the molecule is CC(C)(C)OC=O.O=S(=O)(c1cccnc1)c1cnc(N2CCNCC2)s1. The summed E-state index contributed by atoms with van der Waals surface area (Å²) in [6, 6.07) is 3.16. The van der Waals surface area contributed by atoms with Crippen molar-refractivity contribution in [2.75, 3.05) is 31.1 Å². The Hall–Kier alpha value is -2.04. The number of carbonyl (C=O) groups is 1. The summed E-state index contributed by atoms with van der Waals surface area (Å²) in [7, 11) is -3.51. The highest BCUT2D eigenvalue weighted by molar-refractivity contribution is 7.93. The maximum atomic E-state index is 12.4. The number of rotatable bonds is 4. The third-order valence-electron chi connectivity index (χ3n) is 3.47. The Morgan fingerprint density at radius 1 is 1.26 bits per heavy atom. The molecule has 3 heterocycles. The van der Waals surface area contributed by atoms with E-state index in [9.17, 15) is 13.2 Å². The van der Waals surface area contributed by atoms with Crippen LogP contribution in [0.2, 0.25) is 0 Å². The van der Waals surface area contributed by atoms with E-state index in [1.165, 1.54) is 23.7 Å². The number of piperazine rings is 1. The molecule has 0 unspecified atom stereocenters. The lowest BCUT2D eigenvalue weighted by molar-refractivity contribution is -0.138. The Balaban J connectivity index is 0.000000321. The molecular formula is C17H24N4O4S2. The predicted molar refractivity (Wildman–Crippen MR) is 104 cm³/mol. The highest BCUT2D eigenvalue weighted by atomic mass is 32.2. The molecule has 2 aromatic heterocycles. The Morgan fingerprint density at radius 2 is 1.96 bits per heavy atom. The topological polar surface area (TPSA) is 101 Å². The van der Waals surface area contributed by atoms with Crippen LogP contribution in [0.3, 0.4) is 0 Å². The van der Waals surface area contributed by atoms with E-state index in [0.717, 1.165) is 31.3 Å². The normalized spacial score (nSPS) is 14.9. The van der Waals surface area contributed by atoms with Gasteiger partial charge in [-0.15, -0.1) is 0 Å². The molecule has 0 atom stereocenters. The molecule has 0 bridgehead atoms. The molecule has 27 heavy (non-hydrogen) atoms. The van der Waals surface area contributed by atoms with Crippen molar-refractivity contribution in [2.45, 2.75) is 35.5 Å². The number of nitrogens with zero attached hydrogens (tertiary/aromatic N) is 3. The van der Waals surface area contributed by atoms with Crippen LogP contribution in [-0.4, -0.2) is 56.6 Å². The molecule has 0 saturated carbocycles. The van der Waals surface area contributed by atoms with E-state index in [4.69, 9.17) is 0 Å². The number of thiazole rings is 1. The van der Waals surface area contributed by atoms with Gasteiger partial charge < -0.3 is 15.0 Å². The minimum atomic E-state index is -3.51. The van der Waals surface area contributed by atoms with Crippen LogP contribution in [0.15, 0.2) is 39.8 Å². The molecule has 0 spiro atoms. The number of ether oxygens (including phenoxy) is 1. The molecule has 10 heteroatoms. The molecule has 1 fully saturated rings. The van der Waals surface area contributed by atoms with Crippen LogP contribution in [0.25, 0.3) is 0 Å². The van der Waals surface area contributed by atoms with Gasteiger partial charge >= 0.3 is 0 Å². The Bertz CT molecular complexity index is 826. The summed E-state index contributed by atoms with van der Waals surface area (Å²) in [5.41, 5.74) is -0.318. The smallest absolute Gasteiger partial charge is 0.293 e. The van der Waals surface area contributed by atoms with Gasteiger partial charge in [-0.1, -0.05) is 11.3 Å². The highest BCUT2D eigenvalue weighted by Crippen LogP contribution is 2.30. The molecule has 3 rings (SSSR count). The van der Waals surface area contributed by atoms with Crippen LogP contribution in [0.1, 0.15) is 20.8 Å². The van der Waals surface area contributed by atoms with Crippen molar-refractivity contribution in [3.8, 4) is 0 Å². The number of carbonyl (C=O) groups excluding carboxylic acids is 1. The Morgan fingerprint density at radius 3 is 2.48 bits per heavy atom. The summed E-state index contributed by atoms with van der Waals surface area (Å²) in [5, 5.41) is 4.01. The van der Waals surface area contributed by atoms with Gasteiger partial charge in [-0.2, -0.15) is 0 Å². The van der Waals surface area contributed by atoms with Gasteiger partial charge in [0.25, 0.3) is 6.47 Å². The molecule has 0 radical (unpaired) electrons. The van der Waals surface area contributed by atoms with Crippen molar-refractivity contribution in [2.24, 2.45) is 0 Å². The van der Waals surface area contributed by atoms with Crippen molar-refractivity contribution in [1.29, 1.82) is 0 Å². The standard InChI is InChI=1S/C12H14N4O2S2.C5H10O2/c17-20(18,10-2-1-3-14-8-10)11-9-15-12(19-11)16-6-4-13-5-7-16;1-5(2,3)7-4-6/h1-3,8-9,13H,4-7H2;4H,1-3H3. The fraction of sp³-hybridized carbons (Fsp3) is 0.471. The first-order valence-corrected chi connectivity index (χ1v) is 10.7. The molecule has 8 nitrogen and oxygen atoms in total. The molecule has 1 N–H and O–H groups in total. The molecule has 0 aliphatic carbocycles. The second-order valence-corrected chi connectivity index (χ2v) is 9.90. The maximum Gasteiger partial charge on any atom is 0.293 e. The van der Waals surface area contributed by atoms with Gasteiger partial charge in [0.05, 0.1) is 11.1 Å².